The first-order valence-electron chi connectivity index (χ1n) is 10.4. The monoisotopic (exact) mass is 447 g/mol. The number of hydrogen-bond acceptors (Lipinski definition) is 6. The van der Waals surface area contributed by atoms with Crippen molar-refractivity contribution in [3.05, 3.63) is 71.9 Å². The highest BCUT2D eigenvalue weighted by atomic mass is 32.2. The van der Waals surface area contributed by atoms with E-state index < -0.39 is 0 Å². The van der Waals surface area contributed by atoms with Gasteiger partial charge in [0.15, 0.2) is 11.5 Å². The van der Waals surface area contributed by atoms with Crippen molar-refractivity contribution in [3.8, 4) is 11.5 Å². The molecule has 8 heteroatoms. The van der Waals surface area contributed by atoms with Gasteiger partial charge in [-0.15, -0.1) is 0 Å². The molecule has 2 aliphatic rings. The van der Waals surface area contributed by atoms with Crippen LogP contribution >= 0.6 is 11.8 Å². The minimum atomic E-state index is -0.0689. The molecule has 2 amide bonds. The van der Waals surface area contributed by atoms with Crippen molar-refractivity contribution in [1.82, 2.24) is 10.3 Å². The van der Waals surface area contributed by atoms with Gasteiger partial charge < -0.3 is 19.7 Å². The van der Waals surface area contributed by atoms with E-state index in [0.717, 1.165) is 26.9 Å². The average Bonchev–Trinajstić information content (AvgIpc) is 3.25. The van der Waals surface area contributed by atoms with Crippen molar-refractivity contribution in [2.24, 2.45) is 0 Å². The van der Waals surface area contributed by atoms with E-state index in [0.29, 0.717) is 37.2 Å². The summed E-state index contributed by atoms with van der Waals surface area (Å²) in [5.74, 6) is 1.28. The molecule has 0 radical (unpaired) electrons. The Morgan fingerprint density at radius 1 is 1.09 bits per heavy atom. The van der Waals surface area contributed by atoms with Crippen LogP contribution in [0.2, 0.25) is 0 Å². The lowest BCUT2D eigenvalue weighted by atomic mass is 10.1. The van der Waals surface area contributed by atoms with Gasteiger partial charge in [-0.1, -0.05) is 30.0 Å². The van der Waals surface area contributed by atoms with Gasteiger partial charge in [-0.2, -0.15) is 0 Å². The number of aromatic nitrogens is 1. The van der Waals surface area contributed by atoms with Crippen LogP contribution in [0.5, 0.6) is 11.5 Å². The molecular formula is C24H21N3O4S. The molecule has 0 saturated heterocycles. The van der Waals surface area contributed by atoms with E-state index in [1.54, 1.807) is 11.1 Å². The first kappa shape index (κ1) is 20.4. The molecule has 0 saturated carbocycles. The number of anilines is 1. The van der Waals surface area contributed by atoms with E-state index in [1.807, 2.05) is 54.6 Å². The Balaban J connectivity index is 1.21. The van der Waals surface area contributed by atoms with Crippen molar-refractivity contribution in [1.29, 1.82) is 0 Å². The SMILES string of the molecule is O=C(CCCN1C(=O)c2ccccc2Sc2ncccc21)NCc1ccc2c(c1)OCO2. The van der Waals surface area contributed by atoms with Gasteiger partial charge in [0, 0.05) is 30.6 Å². The molecular weight excluding hydrogens is 426 g/mol. The molecule has 0 aliphatic carbocycles. The maximum absolute atomic E-state index is 13.2. The van der Waals surface area contributed by atoms with E-state index in [1.165, 1.54) is 11.8 Å². The number of rotatable bonds is 6. The van der Waals surface area contributed by atoms with E-state index in [2.05, 4.69) is 10.3 Å². The number of carbonyl (C=O) groups excluding carboxylic acids is 2. The second-order valence-corrected chi connectivity index (χ2v) is 8.48. The van der Waals surface area contributed by atoms with E-state index in [9.17, 15) is 9.59 Å². The van der Waals surface area contributed by atoms with Crippen molar-refractivity contribution < 1.29 is 19.1 Å². The first-order chi connectivity index (χ1) is 15.7. The third kappa shape index (κ3) is 4.13. The second-order valence-electron chi connectivity index (χ2n) is 7.45. The molecule has 1 aromatic heterocycles. The van der Waals surface area contributed by atoms with Crippen LogP contribution in [0.25, 0.3) is 0 Å². The molecule has 0 fully saturated rings. The third-order valence-corrected chi connectivity index (χ3v) is 6.41. The van der Waals surface area contributed by atoms with E-state index in [4.69, 9.17) is 9.47 Å². The lowest BCUT2D eigenvalue weighted by Crippen LogP contribution is -2.33. The predicted octanol–water partition coefficient (Wildman–Crippen LogP) is 4.02. The van der Waals surface area contributed by atoms with Gasteiger partial charge in [0.25, 0.3) is 5.91 Å². The fraction of sp³-hybridized carbons (Fsp3) is 0.208. The molecule has 5 rings (SSSR count). The second kappa shape index (κ2) is 8.92. The topological polar surface area (TPSA) is 80.8 Å². The van der Waals surface area contributed by atoms with Gasteiger partial charge in [0.05, 0.1) is 11.3 Å². The number of ether oxygens (including phenoxy) is 2. The largest absolute Gasteiger partial charge is 0.454 e. The summed E-state index contributed by atoms with van der Waals surface area (Å²) in [6.07, 6.45) is 2.59. The van der Waals surface area contributed by atoms with Crippen LogP contribution in [-0.2, 0) is 11.3 Å². The Bertz CT molecular complexity index is 1180. The van der Waals surface area contributed by atoms with Gasteiger partial charge in [-0.25, -0.2) is 4.98 Å². The maximum Gasteiger partial charge on any atom is 0.259 e. The van der Waals surface area contributed by atoms with Crippen LogP contribution < -0.4 is 19.7 Å². The molecule has 0 unspecified atom stereocenters. The minimum Gasteiger partial charge on any atom is -0.454 e. The number of pyridine rings is 1. The quantitative estimate of drug-likeness (QED) is 0.615. The molecule has 3 heterocycles. The molecule has 32 heavy (non-hydrogen) atoms. The molecule has 0 spiro atoms. The van der Waals surface area contributed by atoms with Crippen molar-refractivity contribution in [2.45, 2.75) is 29.3 Å². The molecule has 0 atom stereocenters. The number of benzene rings is 2. The summed E-state index contributed by atoms with van der Waals surface area (Å²) in [6.45, 7) is 1.07. The standard InChI is InChI=1S/C24H21N3O4S/c28-22(26-14-16-9-10-19-20(13-16)31-15-30-19)8-4-12-27-18-6-3-11-25-23(18)32-21-7-2-1-5-17(21)24(27)29/h1-3,5-7,9-11,13H,4,8,12,14-15H2,(H,26,28). The zero-order valence-electron chi connectivity index (χ0n) is 17.2. The third-order valence-electron chi connectivity index (χ3n) is 5.32. The van der Waals surface area contributed by atoms with Gasteiger partial charge >= 0.3 is 0 Å². The lowest BCUT2D eigenvalue weighted by Gasteiger charge is -2.22. The van der Waals surface area contributed by atoms with Gasteiger partial charge in [0.2, 0.25) is 12.7 Å². The van der Waals surface area contributed by atoms with Crippen molar-refractivity contribution >= 4 is 29.3 Å². The summed E-state index contributed by atoms with van der Waals surface area (Å²) in [7, 11) is 0. The normalized spacial score (nSPS) is 13.9. The number of nitrogens with one attached hydrogen (secondary N) is 1. The highest BCUT2D eigenvalue weighted by Crippen LogP contribution is 2.39. The Hall–Kier alpha value is -3.52. The summed E-state index contributed by atoms with van der Waals surface area (Å²) in [5, 5.41) is 3.72. The Morgan fingerprint density at radius 3 is 2.91 bits per heavy atom. The van der Waals surface area contributed by atoms with Crippen LogP contribution in [0.15, 0.2) is 70.7 Å². The van der Waals surface area contributed by atoms with Crippen LogP contribution in [0.1, 0.15) is 28.8 Å². The molecule has 3 aromatic rings. The number of fused-ring (bicyclic) bond motifs is 3. The van der Waals surface area contributed by atoms with Gasteiger partial charge in [-0.3, -0.25) is 9.59 Å². The van der Waals surface area contributed by atoms with Crippen molar-refractivity contribution in [3.63, 3.8) is 0 Å². The van der Waals surface area contributed by atoms with Gasteiger partial charge in [0.1, 0.15) is 5.03 Å². The fourth-order valence-electron chi connectivity index (χ4n) is 3.72. The fourth-order valence-corrected chi connectivity index (χ4v) is 4.73. The Morgan fingerprint density at radius 2 is 1.97 bits per heavy atom. The summed E-state index contributed by atoms with van der Waals surface area (Å²) in [5.41, 5.74) is 2.38. The zero-order chi connectivity index (χ0) is 21.9. The highest BCUT2D eigenvalue weighted by molar-refractivity contribution is 7.99. The molecule has 2 aromatic carbocycles. The van der Waals surface area contributed by atoms with Crippen LogP contribution in [0, 0.1) is 0 Å². The summed E-state index contributed by atoms with van der Waals surface area (Å²) >= 11 is 1.49. The number of carbonyl (C=O) groups is 2. The number of amides is 2. The molecule has 162 valence electrons. The van der Waals surface area contributed by atoms with Crippen LogP contribution in [0.4, 0.5) is 5.69 Å². The summed E-state index contributed by atoms with van der Waals surface area (Å²) in [4.78, 5) is 32.7. The smallest absolute Gasteiger partial charge is 0.259 e. The minimum absolute atomic E-state index is 0.0638. The molecule has 1 N–H and O–H groups in total. The van der Waals surface area contributed by atoms with E-state index >= 15 is 0 Å². The number of hydrogen-bond donors (Lipinski definition) is 1. The Kier molecular flexibility index (Phi) is 5.68. The Labute approximate surface area is 189 Å². The summed E-state index contributed by atoms with van der Waals surface area (Å²) in [6, 6.07) is 16.9. The lowest BCUT2D eigenvalue weighted by molar-refractivity contribution is -0.121. The number of nitrogens with zero attached hydrogens (tertiary/aromatic N) is 2. The molecule has 0 bridgehead atoms. The molecule has 2 aliphatic heterocycles. The first-order valence-corrected chi connectivity index (χ1v) is 11.2. The predicted molar refractivity (Wildman–Crippen MR) is 120 cm³/mol. The summed E-state index contributed by atoms with van der Waals surface area (Å²) < 4.78 is 10.7. The van der Waals surface area contributed by atoms with Crippen LogP contribution in [0.3, 0.4) is 0 Å². The van der Waals surface area contributed by atoms with E-state index in [-0.39, 0.29) is 18.6 Å². The van der Waals surface area contributed by atoms with Crippen LogP contribution in [-0.4, -0.2) is 30.1 Å². The average molecular weight is 448 g/mol. The molecule has 7 nitrogen and oxygen atoms in total. The van der Waals surface area contributed by atoms with Crippen molar-refractivity contribution in [2.75, 3.05) is 18.2 Å². The highest BCUT2D eigenvalue weighted by Gasteiger charge is 2.27. The van der Waals surface area contributed by atoms with Gasteiger partial charge in [-0.05, 0) is 48.4 Å². The zero-order valence-corrected chi connectivity index (χ0v) is 18.1. The maximum atomic E-state index is 13.2.